The van der Waals surface area contributed by atoms with Crippen molar-refractivity contribution in [3.63, 3.8) is 0 Å². The summed E-state index contributed by atoms with van der Waals surface area (Å²) in [7, 11) is 0. The Morgan fingerprint density at radius 1 is 1.30 bits per heavy atom. The van der Waals surface area contributed by atoms with E-state index in [0.29, 0.717) is 6.04 Å². The van der Waals surface area contributed by atoms with Gasteiger partial charge in [-0.15, -0.1) is 0 Å². The minimum absolute atomic E-state index is 0.583. The van der Waals surface area contributed by atoms with E-state index in [1.807, 2.05) is 12.1 Å². The molecule has 1 heterocycles. The lowest BCUT2D eigenvalue weighted by molar-refractivity contribution is 0.168. The van der Waals surface area contributed by atoms with Crippen molar-refractivity contribution in [3.05, 3.63) is 53.5 Å². The Hall–Kier alpha value is -1.74. The molecule has 106 valence electrons. The van der Waals surface area contributed by atoms with E-state index in [1.54, 1.807) is 6.26 Å². The largest absolute Gasteiger partial charge is 0.468 e. The van der Waals surface area contributed by atoms with Crippen molar-refractivity contribution < 1.29 is 4.42 Å². The number of likely N-dealkylation sites (N-methyl/N-ethyl adjacent to an activating group) is 1. The third kappa shape index (κ3) is 2.59. The van der Waals surface area contributed by atoms with E-state index in [2.05, 4.69) is 30.0 Å². The van der Waals surface area contributed by atoms with Gasteiger partial charge in [0.05, 0.1) is 12.8 Å². The molecule has 1 aliphatic carbocycles. The second-order valence-corrected chi connectivity index (χ2v) is 5.52. The molecule has 1 atom stereocenters. The zero-order valence-electron chi connectivity index (χ0n) is 12.0. The maximum absolute atomic E-state index is 6.08. The summed E-state index contributed by atoms with van der Waals surface area (Å²) in [6.07, 6.45) is 5.10. The van der Waals surface area contributed by atoms with Crippen LogP contribution in [0.5, 0.6) is 0 Å². The van der Waals surface area contributed by atoms with Crippen molar-refractivity contribution in [1.29, 1.82) is 0 Å². The third-order valence-electron chi connectivity index (χ3n) is 4.35. The van der Waals surface area contributed by atoms with Crippen LogP contribution in [-0.2, 0) is 19.4 Å². The highest BCUT2D eigenvalue weighted by Crippen LogP contribution is 2.29. The molecule has 3 nitrogen and oxygen atoms in total. The first-order valence-electron chi connectivity index (χ1n) is 7.40. The molecule has 2 aromatic rings. The van der Waals surface area contributed by atoms with Crippen LogP contribution in [0, 0.1) is 0 Å². The lowest BCUT2D eigenvalue weighted by Gasteiger charge is -2.34. The van der Waals surface area contributed by atoms with E-state index < -0.39 is 0 Å². The third-order valence-corrected chi connectivity index (χ3v) is 4.35. The van der Waals surface area contributed by atoms with Crippen LogP contribution >= 0.6 is 0 Å². The Bertz CT molecular complexity index is 562. The van der Waals surface area contributed by atoms with Crippen molar-refractivity contribution in [2.24, 2.45) is 0 Å². The maximum atomic E-state index is 6.08. The van der Waals surface area contributed by atoms with Gasteiger partial charge in [0.2, 0.25) is 0 Å². The van der Waals surface area contributed by atoms with Crippen molar-refractivity contribution in [1.82, 2.24) is 4.90 Å². The van der Waals surface area contributed by atoms with Gasteiger partial charge < -0.3 is 10.2 Å². The van der Waals surface area contributed by atoms with E-state index >= 15 is 0 Å². The Balaban J connectivity index is 1.74. The molecule has 0 aliphatic heterocycles. The number of furan rings is 1. The van der Waals surface area contributed by atoms with Crippen LogP contribution < -0.4 is 5.73 Å². The topological polar surface area (TPSA) is 42.4 Å². The Kier molecular flexibility index (Phi) is 3.79. The molecule has 0 saturated carbocycles. The molecular weight excluding hydrogens is 248 g/mol. The van der Waals surface area contributed by atoms with E-state index in [-0.39, 0.29) is 0 Å². The minimum atomic E-state index is 0.583. The average Bonchev–Trinajstić information content (AvgIpc) is 2.97. The van der Waals surface area contributed by atoms with Crippen LogP contribution in [0.15, 0.2) is 41.0 Å². The SMILES string of the molecule is CCN(Cc1ccco1)C1CCc2c(N)cccc2C1. The highest BCUT2D eigenvalue weighted by Gasteiger charge is 2.24. The summed E-state index contributed by atoms with van der Waals surface area (Å²) in [6.45, 7) is 4.16. The normalized spacial score (nSPS) is 18.2. The van der Waals surface area contributed by atoms with Gasteiger partial charge in [-0.1, -0.05) is 19.1 Å². The monoisotopic (exact) mass is 270 g/mol. The second kappa shape index (κ2) is 5.71. The number of nitrogens with zero attached hydrogens (tertiary/aromatic N) is 1. The van der Waals surface area contributed by atoms with Crippen LogP contribution in [-0.4, -0.2) is 17.5 Å². The first kappa shape index (κ1) is 13.3. The fourth-order valence-corrected chi connectivity index (χ4v) is 3.23. The molecule has 0 spiro atoms. The fourth-order valence-electron chi connectivity index (χ4n) is 3.23. The molecular formula is C17H22N2O. The van der Waals surface area contributed by atoms with Crippen molar-refractivity contribution in [2.45, 2.75) is 38.8 Å². The van der Waals surface area contributed by atoms with E-state index in [9.17, 15) is 0 Å². The average molecular weight is 270 g/mol. The highest BCUT2D eigenvalue weighted by atomic mass is 16.3. The van der Waals surface area contributed by atoms with E-state index in [0.717, 1.165) is 37.4 Å². The van der Waals surface area contributed by atoms with Gasteiger partial charge in [-0.3, -0.25) is 4.90 Å². The summed E-state index contributed by atoms with van der Waals surface area (Å²) in [4.78, 5) is 2.50. The fraction of sp³-hybridized carbons (Fsp3) is 0.412. The lowest BCUT2D eigenvalue weighted by atomic mass is 9.86. The Morgan fingerprint density at radius 2 is 2.20 bits per heavy atom. The molecule has 0 radical (unpaired) electrons. The van der Waals surface area contributed by atoms with Crippen LogP contribution in [0.4, 0.5) is 5.69 Å². The lowest BCUT2D eigenvalue weighted by Crippen LogP contribution is -2.38. The first-order chi connectivity index (χ1) is 9.78. The van der Waals surface area contributed by atoms with E-state index in [4.69, 9.17) is 10.2 Å². The number of hydrogen-bond donors (Lipinski definition) is 1. The highest BCUT2D eigenvalue weighted by molar-refractivity contribution is 5.52. The number of anilines is 1. The summed E-state index contributed by atoms with van der Waals surface area (Å²) < 4.78 is 5.48. The zero-order chi connectivity index (χ0) is 13.9. The maximum Gasteiger partial charge on any atom is 0.117 e. The van der Waals surface area contributed by atoms with Crippen LogP contribution in [0.25, 0.3) is 0 Å². The van der Waals surface area contributed by atoms with Crippen molar-refractivity contribution in [2.75, 3.05) is 12.3 Å². The molecule has 1 aliphatic rings. The van der Waals surface area contributed by atoms with Crippen LogP contribution in [0.3, 0.4) is 0 Å². The van der Waals surface area contributed by atoms with Gasteiger partial charge in [0.25, 0.3) is 0 Å². The summed E-state index contributed by atoms with van der Waals surface area (Å²) >= 11 is 0. The van der Waals surface area contributed by atoms with Crippen LogP contribution in [0.1, 0.15) is 30.2 Å². The standard InChI is InChI=1S/C17H22N2O/c1-2-19(12-15-6-4-10-20-15)14-8-9-16-13(11-14)5-3-7-17(16)18/h3-7,10,14H,2,8-9,11-12,18H2,1H3. The molecule has 1 unspecified atom stereocenters. The van der Waals surface area contributed by atoms with Crippen molar-refractivity contribution >= 4 is 5.69 Å². The van der Waals surface area contributed by atoms with Gasteiger partial charge in [-0.2, -0.15) is 0 Å². The molecule has 0 fully saturated rings. The molecule has 20 heavy (non-hydrogen) atoms. The number of nitrogens with two attached hydrogens (primary N) is 1. The number of nitrogen functional groups attached to an aromatic ring is 1. The predicted octanol–water partition coefficient (Wildman–Crippen LogP) is 3.24. The Morgan fingerprint density at radius 3 is 2.95 bits per heavy atom. The molecule has 3 heteroatoms. The minimum Gasteiger partial charge on any atom is -0.468 e. The number of rotatable bonds is 4. The molecule has 1 aromatic heterocycles. The Labute approximate surface area is 120 Å². The number of hydrogen-bond acceptors (Lipinski definition) is 3. The summed E-state index contributed by atoms with van der Waals surface area (Å²) in [5, 5.41) is 0. The van der Waals surface area contributed by atoms with Crippen molar-refractivity contribution in [3.8, 4) is 0 Å². The first-order valence-corrected chi connectivity index (χ1v) is 7.40. The molecule has 0 bridgehead atoms. The predicted molar refractivity (Wildman–Crippen MR) is 81.5 cm³/mol. The van der Waals surface area contributed by atoms with E-state index in [1.165, 1.54) is 17.5 Å². The molecule has 0 amide bonds. The molecule has 2 N–H and O–H groups in total. The molecule has 3 rings (SSSR count). The second-order valence-electron chi connectivity index (χ2n) is 5.52. The number of benzene rings is 1. The summed E-state index contributed by atoms with van der Waals surface area (Å²) in [5.41, 5.74) is 9.81. The van der Waals surface area contributed by atoms with Gasteiger partial charge in [-0.25, -0.2) is 0 Å². The van der Waals surface area contributed by atoms with Gasteiger partial charge in [0, 0.05) is 11.7 Å². The smallest absolute Gasteiger partial charge is 0.117 e. The van der Waals surface area contributed by atoms with Gasteiger partial charge in [0.1, 0.15) is 5.76 Å². The summed E-state index contributed by atoms with van der Waals surface area (Å²) in [5.74, 6) is 1.05. The van der Waals surface area contributed by atoms with Crippen LogP contribution in [0.2, 0.25) is 0 Å². The zero-order valence-corrected chi connectivity index (χ0v) is 12.0. The molecule has 0 saturated heterocycles. The van der Waals surface area contributed by atoms with Gasteiger partial charge in [0.15, 0.2) is 0 Å². The number of fused-ring (bicyclic) bond motifs is 1. The quantitative estimate of drug-likeness (QED) is 0.867. The van der Waals surface area contributed by atoms with Gasteiger partial charge in [-0.05, 0) is 55.1 Å². The summed E-state index contributed by atoms with van der Waals surface area (Å²) in [6, 6.07) is 10.9. The molecule has 1 aromatic carbocycles. The van der Waals surface area contributed by atoms with Gasteiger partial charge >= 0.3 is 0 Å².